The van der Waals surface area contributed by atoms with Crippen molar-refractivity contribution in [3.8, 4) is 0 Å². The van der Waals surface area contributed by atoms with Crippen LogP contribution in [-0.2, 0) is 19.2 Å². The maximum absolute atomic E-state index is 12.7. The Morgan fingerprint density at radius 2 is 0.931 bits per heavy atom. The van der Waals surface area contributed by atoms with Crippen LogP contribution in [0.4, 0.5) is 0 Å². The van der Waals surface area contributed by atoms with Crippen molar-refractivity contribution in [2.24, 2.45) is 0 Å². The average molecular weight is 386 g/mol. The fourth-order valence-electron chi connectivity index (χ4n) is 3.74. The number of amides is 2. The second kappa shape index (κ2) is 6.98. The molecule has 0 spiro atoms. The number of hydrogen-bond donors (Lipinski definition) is 0. The Labute approximate surface area is 167 Å². The Hall–Kier alpha value is -3.80. The van der Waals surface area contributed by atoms with E-state index in [-0.39, 0.29) is 6.67 Å². The minimum absolute atomic E-state index is 0.210. The Balaban J connectivity index is 1.77. The molecule has 0 saturated carbocycles. The molecule has 0 aliphatic carbocycles. The van der Waals surface area contributed by atoms with Crippen LogP contribution in [0, 0.1) is 0 Å². The summed E-state index contributed by atoms with van der Waals surface area (Å²) in [5.74, 6) is -2.63. The van der Waals surface area contributed by atoms with Crippen molar-refractivity contribution in [3.05, 3.63) is 82.9 Å². The predicted molar refractivity (Wildman–Crippen MR) is 107 cm³/mol. The van der Waals surface area contributed by atoms with Gasteiger partial charge in [0.25, 0.3) is 0 Å². The molecule has 4 rings (SSSR count). The topological polar surface area (TPSA) is 74.8 Å². The molecular formula is C23H18N2O4. The molecule has 2 heterocycles. The smallest absolute Gasteiger partial charge is 0.286 e. The Morgan fingerprint density at radius 1 is 0.586 bits per heavy atom. The number of Topliss-reactive ketones (excluding diaryl/α,β-unsaturated/α-hetero) is 2. The molecule has 0 bridgehead atoms. The molecule has 6 nitrogen and oxygen atoms in total. The molecule has 2 aromatic carbocycles. The van der Waals surface area contributed by atoms with Crippen molar-refractivity contribution in [2.75, 3.05) is 6.67 Å². The van der Waals surface area contributed by atoms with Gasteiger partial charge in [0.1, 0.15) is 6.67 Å². The normalized spacial score (nSPS) is 17.3. The molecule has 2 amide bonds. The van der Waals surface area contributed by atoms with Gasteiger partial charge in [-0.15, -0.1) is 0 Å². The second-order valence-corrected chi connectivity index (χ2v) is 6.95. The van der Waals surface area contributed by atoms with Crippen LogP contribution in [0.3, 0.4) is 0 Å². The van der Waals surface area contributed by atoms with E-state index in [9.17, 15) is 19.2 Å². The van der Waals surface area contributed by atoms with Crippen molar-refractivity contribution in [2.45, 2.75) is 13.8 Å². The molecule has 0 radical (unpaired) electrons. The van der Waals surface area contributed by atoms with Gasteiger partial charge in [0, 0.05) is 11.1 Å². The van der Waals surface area contributed by atoms with Gasteiger partial charge in [-0.2, -0.15) is 0 Å². The van der Waals surface area contributed by atoms with Crippen LogP contribution < -0.4 is 0 Å². The van der Waals surface area contributed by atoms with Crippen molar-refractivity contribution in [1.82, 2.24) is 9.80 Å². The van der Waals surface area contributed by atoms with E-state index < -0.39 is 23.4 Å². The summed E-state index contributed by atoms with van der Waals surface area (Å²) in [6, 6.07) is 18.1. The van der Waals surface area contributed by atoms with Crippen LogP contribution in [0.15, 0.2) is 71.8 Å². The first-order valence-corrected chi connectivity index (χ1v) is 9.16. The van der Waals surface area contributed by atoms with E-state index in [1.165, 1.54) is 9.80 Å². The van der Waals surface area contributed by atoms with Crippen molar-refractivity contribution in [3.63, 3.8) is 0 Å². The summed E-state index contributed by atoms with van der Waals surface area (Å²) in [5, 5.41) is 0. The third-order valence-electron chi connectivity index (χ3n) is 5.19. The van der Waals surface area contributed by atoms with Crippen LogP contribution in [0.1, 0.15) is 25.0 Å². The summed E-state index contributed by atoms with van der Waals surface area (Å²) < 4.78 is 0. The zero-order valence-corrected chi connectivity index (χ0v) is 16.0. The molecule has 0 saturated heterocycles. The molecular weight excluding hydrogens is 368 g/mol. The van der Waals surface area contributed by atoms with Gasteiger partial charge in [0.05, 0.1) is 11.4 Å². The molecule has 2 aliphatic rings. The lowest BCUT2D eigenvalue weighted by Crippen LogP contribution is -2.41. The highest BCUT2D eigenvalue weighted by molar-refractivity contribution is 6.49. The molecule has 0 aromatic heterocycles. The highest BCUT2D eigenvalue weighted by Crippen LogP contribution is 2.35. The Bertz CT molecular complexity index is 1020. The average Bonchev–Trinajstić information content (AvgIpc) is 3.09. The summed E-state index contributed by atoms with van der Waals surface area (Å²) in [6.45, 7) is 2.98. The molecule has 0 fully saturated rings. The molecule has 0 atom stereocenters. The summed E-state index contributed by atoms with van der Waals surface area (Å²) in [6.07, 6.45) is 0. The van der Waals surface area contributed by atoms with E-state index in [0.29, 0.717) is 33.7 Å². The molecule has 29 heavy (non-hydrogen) atoms. The minimum Gasteiger partial charge on any atom is -0.286 e. The first-order valence-electron chi connectivity index (χ1n) is 9.16. The minimum atomic E-state index is -0.710. The highest BCUT2D eigenvalue weighted by atomic mass is 16.2. The molecule has 144 valence electrons. The third-order valence-corrected chi connectivity index (χ3v) is 5.19. The number of carbonyl (C=O) groups is 4. The maximum atomic E-state index is 12.7. The standard InChI is InChI=1S/C23H18N2O4/c1-14-18(16-9-5-3-6-10-16)24(22(28)20(14)26)13-25-19(15(2)21(27)23(25)29)17-11-7-4-8-12-17/h3-12H,13H2,1-2H3. The van der Waals surface area contributed by atoms with Crippen molar-refractivity contribution < 1.29 is 19.2 Å². The SMILES string of the molecule is CC1=C(c2ccccc2)N(CN2C(=O)C(=O)C(C)=C2c2ccccc2)C(=O)C1=O. The first-order chi connectivity index (χ1) is 13.9. The quantitative estimate of drug-likeness (QED) is 0.757. The van der Waals surface area contributed by atoms with Crippen LogP contribution in [0.2, 0.25) is 0 Å². The number of rotatable bonds is 4. The van der Waals surface area contributed by atoms with E-state index in [4.69, 9.17) is 0 Å². The molecule has 6 heteroatoms. The summed E-state index contributed by atoms with van der Waals surface area (Å²) in [4.78, 5) is 52.8. The second-order valence-electron chi connectivity index (χ2n) is 6.95. The summed E-state index contributed by atoms with van der Waals surface area (Å²) in [5.41, 5.74) is 2.95. The molecule has 2 aliphatic heterocycles. The van der Waals surface area contributed by atoms with E-state index in [0.717, 1.165) is 0 Å². The Kier molecular flexibility index (Phi) is 4.47. The fraction of sp³-hybridized carbons (Fsp3) is 0.130. The molecule has 2 aromatic rings. The van der Waals surface area contributed by atoms with Gasteiger partial charge < -0.3 is 0 Å². The highest BCUT2D eigenvalue weighted by Gasteiger charge is 2.42. The van der Waals surface area contributed by atoms with E-state index in [2.05, 4.69) is 0 Å². The van der Waals surface area contributed by atoms with Crippen LogP contribution in [0.25, 0.3) is 11.4 Å². The van der Waals surface area contributed by atoms with Gasteiger partial charge in [-0.3, -0.25) is 29.0 Å². The summed E-state index contributed by atoms with van der Waals surface area (Å²) in [7, 11) is 0. The van der Waals surface area contributed by atoms with Gasteiger partial charge in [0.15, 0.2) is 0 Å². The molecule has 0 N–H and O–H groups in total. The number of carbonyl (C=O) groups excluding carboxylic acids is 4. The van der Waals surface area contributed by atoms with Gasteiger partial charge in [-0.1, -0.05) is 60.7 Å². The van der Waals surface area contributed by atoms with Crippen LogP contribution in [0.5, 0.6) is 0 Å². The third kappa shape index (κ3) is 2.89. The van der Waals surface area contributed by atoms with E-state index >= 15 is 0 Å². The van der Waals surface area contributed by atoms with Gasteiger partial charge in [-0.05, 0) is 25.0 Å². The number of hydrogen-bond acceptors (Lipinski definition) is 4. The van der Waals surface area contributed by atoms with Crippen molar-refractivity contribution in [1.29, 1.82) is 0 Å². The first kappa shape index (κ1) is 18.6. The maximum Gasteiger partial charge on any atom is 0.300 e. The monoisotopic (exact) mass is 386 g/mol. The number of benzene rings is 2. The van der Waals surface area contributed by atoms with Crippen LogP contribution >= 0.6 is 0 Å². The predicted octanol–water partition coefficient (Wildman–Crippen LogP) is 2.63. The lowest BCUT2D eigenvalue weighted by Gasteiger charge is -2.28. The lowest BCUT2D eigenvalue weighted by atomic mass is 10.1. The Morgan fingerprint density at radius 3 is 1.28 bits per heavy atom. The largest absolute Gasteiger partial charge is 0.300 e. The zero-order chi connectivity index (χ0) is 20.7. The molecule has 0 unspecified atom stereocenters. The number of ketones is 2. The number of nitrogens with zero attached hydrogens (tertiary/aromatic N) is 2. The van der Waals surface area contributed by atoms with Gasteiger partial charge in [-0.25, -0.2) is 0 Å². The lowest BCUT2D eigenvalue weighted by molar-refractivity contribution is -0.143. The van der Waals surface area contributed by atoms with E-state index in [1.54, 1.807) is 38.1 Å². The van der Waals surface area contributed by atoms with Crippen LogP contribution in [-0.4, -0.2) is 39.8 Å². The zero-order valence-electron chi connectivity index (χ0n) is 16.0. The van der Waals surface area contributed by atoms with Crippen molar-refractivity contribution >= 4 is 34.8 Å². The van der Waals surface area contributed by atoms with Gasteiger partial charge >= 0.3 is 11.8 Å². The van der Waals surface area contributed by atoms with E-state index in [1.807, 2.05) is 36.4 Å². The van der Waals surface area contributed by atoms with Gasteiger partial charge in [0.2, 0.25) is 11.6 Å². The summed E-state index contributed by atoms with van der Waals surface area (Å²) >= 11 is 0. The fourth-order valence-corrected chi connectivity index (χ4v) is 3.74.